The van der Waals surface area contributed by atoms with E-state index in [4.69, 9.17) is 0 Å². The Bertz CT molecular complexity index is 1200. The van der Waals surface area contributed by atoms with E-state index in [9.17, 15) is 9.59 Å². The molecule has 0 atom stereocenters. The van der Waals surface area contributed by atoms with Crippen LogP contribution in [0, 0.1) is 0 Å². The van der Waals surface area contributed by atoms with E-state index in [1.165, 1.54) is 5.56 Å². The second-order valence-corrected chi connectivity index (χ2v) is 9.24. The summed E-state index contributed by atoms with van der Waals surface area (Å²) in [5.74, 6) is 0.605. The van der Waals surface area contributed by atoms with Gasteiger partial charge < -0.3 is 14.8 Å². The van der Waals surface area contributed by atoms with Gasteiger partial charge in [-0.1, -0.05) is 36.4 Å². The van der Waals surface area contributed by atoms with E-state index < -0.39 is 0 Å². The number of piperidine rings is 1. The van der Waals surface area contributed by atoms with Gasteiger partial charge in [0.15, 0.2) is 0 Å². The molecule has 2 amide bonds. The monoisotopic (exact) mass is 469 g/mol. The molecule has 180 valence electrons. The Morgan fingerprint density at radius 1 is 1.11 bits per heavy atom. The number of rotatable bonds is 6. The fourth-order valence-electron chi connectivity index (χ4n) is 5.14. The number of benzene rings is 2. The van der Waals surface area contributed by atoms with E-state index in [2.05, 4.69) is 45.2 Å². The van der Waals surface area contributed by atoms with Gasteiger partial charge in [-0.2, -0.15) is 0 Å². The second kappa shape index (κ2) is 10.3. The lowest BCUT2D eigenvalue weighted by Gasteiger charge is -2.38. The molecule has 1 fully saturated rings. The number of nitrogens with zero attached hydrogens (tertiary/aromatic N) is 4. The molecule has 7 heteroatoms. The lowest BCUT2D eigenvalue weighted by Crippen LogP contribution is -2.47. The Kier molecular flexibility index (Phi) is 6.77. The third kappa shape index (κ3) is 5.20. The number of nitrogens with one attached hydrogen (secondary N) is 1. The quantitative estimate of drug-likeness (QED) is 0.554. The van der Waals surface area contributed by atoms with Crippen LogP contribution >= 0.6 is 0 Å². The van der Waals surface area contributed by atoms with E-state index in [1.54, 1.807) is 31.5 Å². The minimum Gasteiger partial charge on any atom is -0.345 e. The van der Waals surface area contributed by atoms with Gasteiger partial charge >= 0.3 is 0 Å². The fourth-order valence-corrected chi connectivity index (χ4v) is 5.14. The van der Waals surface area contributed by atoms with Gasteiger partial charge in [0.05, 0.1) is 0 Å². The van der Waals surface area contributed by atoms with Crippen molar-refractivity contribution in [1.82, 2.24) is 14.9 Å². The predicted molar refractivity (Wildman–Crippen MR) is 138 cm³/mol. The maximum absolute atomic E-state index is 13.5. The molecule has 3 aromatic rings. The summed E-state index contributed by atoms with van der Waals surface area (Å²) >= 11 is 0. The average Bonchev–Trinajstić information content (AvgIpc) is 3.54. The molecule has 5 rings (SSSR count). The molecule has 0 bridgehead atoms. The molecular weight excluding hydrogens is 438 g/mol. The number of hydrogen-bond acceptors (Lipinski definition) is 4. The number of anilines is 2. The zero-order valence-corrected chi connectivity index (χ0v) is 20.1. The summed E-state index contributed by atoms with van der Waals surface area (Å²) in [6.45, 7) is 5.06. The van der Waals surface area contributed by atoms with Crippen LogP contribution in [0.15, 0.2) is 67.0 Å². The second-order valence-electron chi connectivity index (χ2n) is 9.24. The van der Waals surface area contributed by atoms with Crippen LogP contribution in [0.4, 0.5) is 11.4 Å². The Morgan fingerprint density at radius 3 is 2.63 bits per heavy atom. The number of aromatic amines is 1. The van der Waals surface area contributed by atoms with Gasteiger partial charge in [-0.05, 0) is 48.6 Å². The van der Waals surface area contributed by atoms with E-state index in [0.717, 1.165) is 55.8 Å². The molecule has 0 spiro atoms. The van der Waals surface area contributed by atoms with Crippen molar-refractivity contribution in [1.29, 1.82) is 0 Å². The van der Waals surface area contributed by atoms with Gasteiger partial charge in [-0.15, -0.1) is 0 Å². The molecular formula is C28H31N5O2. The first-order valence-electron chi connectivity index (χ1n) is 12.3. The maximum atomic E-state index is 13.5. The average molecular weight is 470 g/mol. The van der Waals surface area contributed by atoms with Crippen molar-refractivity contribution >= 4 is 29.3 Å². The molecule has 1 N–H and O–H groups in total. The maximum Gasteiger partial charge on any atom is 0.251 e. The molecule has 2 aromatic carbocycles. The van der Waals surface area contributed by atoms with Crippen LogP contribution in [0.3, 0.4) is 0 Å². The molecule has 1 saturated heterocycles. The summed E-state index contributed by atoms with van der Waals surface area (Å²) in [6.07, 6.45) is 9.34. The van der Waals surface area contributed by atoms with Gasteiger partial charge in [0, 0.05) is 69.0 Å². The molecule has 0 unspecified atom stereocenters. The van der Waals surface area contributed by atoms with Crippen molar-refractivity contribution in [3.05, 3.63) is 84.0 Å². The van der Waals surface area contributed by atoms with E-state index in [0.29, 0.717) is 12.4 Å². The Hall–Kier alpha value is -3.71. The zero-order valence-electron chi connectivity index (χ0n) is 20.1. The first-order valence-corrected chi connectivity index (χ1v) is 12.3. The molecule has 7 nitrogen and oxygen atoms in total. The minimum absolute atomic E-state index is 0.0331. The zero-order chi connectivity index (χ0) is 24.2. The van der Waals surface area contributed by atoms with Crippen LogP contribution in [0.5, 0.6) is 0 Å². The minimum atomic E-state index is -0.0739. The molecule has 35 heavy (non-hydrogen) atoms. The summed E-state index contributed by atoms with van der Waals surface area (Å²) < 4.78 is 0. The van der Waals surface area contributed by atoms with E-state index >= 15 is 0 Å². The number of H-pyrrole nitrogens is 1. The van der Waals surface area contributed by atoms with Gasteiger partial charge in [0.2, 0.25) is 5.91 Å². The molecule has 0 radical (unpaired) electrons. The number of carbonyl (C=O) groups is 2. The summed E-state index contributed by atoms with van der Waals surface area (Å²) in [5, 5.41) is 0. The van der Waals surface area contributed by atoms with Gasteiger partial charge in [0.1, 0.15) is 5.82 Å². The Labute approximate surface area is 206 Å². The summed E-state index contributed by atoms with van der Waals surface area (Å²) in [4.78, 5) is 39.1. The number of amides is 2. The van der Waals surface area contributed by atoms with Crippen LogP contribution in [-0.4, -0.2) is 52.4 Å². The van der Waals surface area contributed by atoms with Gasteiger partial charge in [-0.25, -0.2) is 4.98 Å². The highest BCUT2D eigenvalue weighted by Crippen LogP contribution is 2.34. The van der Waals surface area contributed by atoms with Crippen LogP contribution in [-0.2, 0) is 22.6 Å². The first-order chi connectivity index (χ1) is 17.1. The van der Waals surface area contributed by atoms with E-state index in [1.807, 2.05) is 28.0 Å². The molecule has 3 heterocycles. The molecule has 2 aliphatic heterocycles. The third-order valence-electron chi connectivity index (χ3n) is 6.93. The van der Waals surface area contributed by atoms with Crippen molar-refractivity contribution in [3.8, 4) is 0 Å². The van der Waals surface area contributed by atoms with Crippen LogP contribution in [0.2, 0.25) is 0 Å². The Morgan fingerprint density at radius 2 is 1.91 bits per heavy atom. The molecule has 2 aliphatic rings. The number of carbonyl (C=O) groups excluding carboxylic acids is 2. The number of fused-ring (bicyclic) bond motifs is 1. The van der Waals surface area contributed by atoms with Crippen molar-refractivity contribution in [3.63, 3.8) is 0 Å². The topological polar surface area (TPSA) is 72.5 Å². The largest absolute Gasteiger partial charge is 0.345 e. The summed E-state index contributed by atoms with van der Waals surface area (Å²) in [7, 11) is 0. The molecule has 0 saturated carbocycles. The highest BCUT2D eigenvalue weighted by molar-refractivity contribution is 6.05. The number of hydrogen-bond donors (Lipinski definition) is 1. The summed E-state index contributed by atoms with van der Waals surface area (Å²) in [6, 6.07) is 16.7. The number of imidazole rings is 1. The first kappa shape index (κ1) is 23.1. The normalized spacial score (nSPS) is 16.5. The summed E-state index contributed by atoms with van der Waals surface area (Å²) in [5.41, 5.74) is 4.22. The lowest BCUT2D eigenvalue weighted by atomic mass is 10.0. The van der Waals surface area contributed by atoms with Gasteiger partial charge in [-0.3, -0.25) is 14.5 Å². The standard InChI is InChI=1S/C28H31N5O2/c1-21(34)32-18-11-23-7-8-25(19-26(23)32)33(28(35)10-9-27-29-14-15-30-27)24-12-16-31(17-13-24)20-22-5-3-2-4-6-22/h2-10,14-15,19,24H,11-13,16-18,20H2,1H3,(H,29,30). The molecule has 1 aromatic heterocycles. The molecule has 0 aliphatic carbocycles. The van der Waals surface area contributed by atoms with Crippen molar-refractivity contribution in [2.45, 2.75) is 38.8 Å². The van der Waals surface area contributed by atoms with Gasteiger partial charge in [0.25, 0.3) is 5.91 Å². The van der Waals surface area contributed by atoms with E-state index in [-0.39, 0.29) is 17.9 Å². The fraction of sp³-hybridized carbons (Fsp3) is 0.321. The highest BCUT2D eigenvalue weighted by Gasteiger charge is 2.30. The van der Waals surface area contributed by atoms with Crippen LogP contribution in [0.1, 0.15) is 36.7 Å². The highest BCUT2D eigenvalue weighted by atomic mass is 16.2. The number of aromatic nitrogens is 2. The smallest absolute Gasteiger partial charge is 0.251 e. The SMILES string of the molecule is CC(=O)N1CCc2ccc(N(C(=O)C=Cc3ncc[nH]3)C3CCN(Cc4ccccc4)CC3)cc21. The van der Waals surface area contributed by atoms with Crippen LogP contribution in [0.25, 0.3) is 6.08 Å². The van der Waals surface area contributed by atoms with Crippen molar-refractivity contribution in [2.24, 2.45) is 0 Å². The van der Waals surface area contributed by atoms with Crippen molar-refractivity contribution < 1.29 is 9.59 Å². The van der Waals surface area contributed by atoms with Crippen LogP contribution < -0.4 is 9.80 Å². The predicted octanol–water partition coefficient (Wildman–Crippen LogP) is 4.03. The third-order valence-corrected chi connectivity index (χ3v) is 6.93. The number of likely N-dealkylation sites (tertiary alicyclic amines) is 1. The Balaban J connectivity index is 1.38. The lowest BCUT2D eigenvalue weighted by molar-refractivity contribution is -0.116. The van der Waals surface area contributed by atoms with Crippen molar-refractivity contribution in [2.75, 3.05) is 29.4 Å².